The topological polar surface area (TPSA) is 47.6 Å². The summed E-state index contributed by atoms with van der Waals surface area (Å²) in [6, 6.07) is 14.8. The van der Waals surface area contributed by atoms with Crippen LogP contribution in [0.4, 0.5) is 5.69 Å². The lowest BCUT2D eigenvalue weighted by Crippen LogP contribution is -2.12. The number of nitrogens with one attached hydrogen (secondary N) is 1. The highest BCUT2D eigenvalue weighted by Crippen LogP contribution is 2.18. The Morgan fingerprint density at radius 1 is 1.10 bits per heavy atom. The molecule has 0 bridgehead atoms. The van der Waals surface area contributed by atoms with E-state index in [4.69, 9.17) is 9.47 Å². The van der Waals surface area contributed by atoms with Crippen molar-refractivity contribution < 1.29 is 14.3 Å². The normalized spacial score (nSPS) is 10.2. The molecule has 0 saturated heterocycles. The minimum absolute atomic E-state index is 0.135. The molecule has 110 valence electrons. The van der Waals surface area contributed by atoms with Crippen LogP contribution in [0.1, 0.15) is 15.9 Å². The first-order chi connectivity index (χ1) is 10.2. The molecule has 0 aliphatic heterocycles. The molecule has 4 heteroatoms. The lowest BCUT2D eigenvalue weighted by Gasteiger charge is -2.09. The first kappa shape index (κ1) is 15.1. The largest absolute Gasteiger partial charge is 0.491 e. The zero-order valence-corrected chi connectivity index (χ0v) is 12.3. The summed E-state index contributed by atoms with van der Waals surface area (Å²) in [7, 11) is 1.63. The summed E-state index contributed by atoms with van der Waals surface area (Å²) in [6.07, 6.45) is 0. The van der Waals surface area contributed by atoms with Gasteiger partial charge in [-0.15, -0.1) is 0 Å². The monoisotopic (exact) mass is 285 g/mol. The molecule has 1 amide bonds. The van der Waals surface area contributed by atoms with E-state index >= 15 is 0 Å². The number of rotatable bonds is 6. The maximum Gasteiger partial charge on any atom is 0.255 e. The van der Waals surface area contributed by atoms with Crippen molar-refractivity contribution in [2.45, 2.75) is 6.92 Å². The predicted molar refractivity (Wildman–Crippen MR) is 82.9 cm³/mol. The van der Waals surface area contributed by atoms with E-state index in [2.05, 4.69) is 5.32 Å². The lowest BCUT2D eigenvalue weighted by molar-refractivity contribution is 0.102. The molecule has 0 aromatic heterocycles. The van der Waals surface area contributed by atoms with Gasteiger partial charge in [0.2, 0.25) is 0 Å². The van der Waals surface area contributed by atoms with Gasteiger partial charge in [0.05, 0.1) is 6.61 Å². The Labute approximate surface area is 124 Å². The number of aryl methyl sites for hydroxylation is 1. The molecule has 0 heterocycles. The fourth-order valence-electron chi connectivity index (χ4n) is 1.81. The summed E-state index contributed by atoms with van der Waals surface area (Å²) in [6.45, 7) is 2.99. The van der Waals surface area contributed by atoms with E-state index < -0.39 is 0 Å². The Bertz CT molecular complexity index is 593. The Kier molecular flexibility index (Phi) is 5.35. The number of ether oxygens (including phenoxy) is 2. The van der Waals surface area contributed by atoms with E-state index in [1.54, 1.807) is 13.2 Å². The second-order valence-corrected chi connectivity index (χ2v) is 4.69. The van der Waals surface area contributed by atoms with Gasteiger partial charge in [-0.2, -0.15) is 0 Å². The molecule has 0 radical (unpaired) electrons. The summed E-state index contributed by atoms with van der Waals surface area (Å²) in [5.41, 5.74) is 2.46. The average molecular weight is 285 g/mol. The maximum atomic E-state index is 12.1. The number of hydrogen-bond donors (Lipinski definition) is 1. The number of carbonyl (C=O) groups is 1. The fourth-order valence-corrected chi connectivity index (χ4v) is 1.81. The van der Waals surface area contributed by atoms with E-state index in [-0.39, 0.29) is 5.91 Å². The van der Waals surface area contributed by atoms with Gasteiger partial charge < -0.3 is 14.8 Å². The summed E-state index contributed by atoms with van der Waals surface area (Å²) >= 11 is 0. The molecule has 0 aliphatic rings. The molecular weight excluding hydrogens is 266 g/mol. The lowest BCUT2D eigenvalue weighted by atomic mass is 10.1. The van der Waals surface area contributed by atoms with Crippen molar-refractivity contribution in [1.82, 2.24) is 0 Å². The van der Waals surface area contributed by atoms with Crippen LogP contribution in [0.25, 0.3) is 0 Å². The number of carbonyl (C=O) groups excluding carboxylic acids is 1. The van der Waals surface area contributed by atoms with E-state index in [1.807, 2.05) is 49.4 Å². The van der Waals surface area contributed by atoms with Crippen LogP contribution in [-0.2, 0) is 4.74 Å². The van der Waals surface area contributed by atoms with Crippen LogP contribution in [0, 0.1) is 6.92 Å². The van der Waals surface area contributed by atoms with Crippen LogP contribution in [0.2, 0.25) is 0 Å². The summed E-state index contributed by atoms with van der Waals surface area (Å²) in [5.74, 6) is 0.567. The summed E-state index contributed by atoms with van der Waals surface area (Å²) < 4.78 is 10.4. The van der Waals surface area contributed by atoms with E-state index in [1.165, 1.54) is 0 Å². The number of methoxy groups -OCH3 is 1. The van der Waals surface area contributed by atoms with Crippen molar-refractivity contribution in [2.24, 2.45) is 0 Å². The Morgan fingerprint density at radius 2 is 1.86 bits per heavy atom. The average Bonchev–Trinajstić information content (AvgIpc) is 2.48. The first-order valence-corrected chi connectivity index (χ1v) is 6.79. The van der Waals surface area contributed by atoms with Gasteiger partial charge in [-0.1, -0.05) is 23.8 Å². The van der Waals surface area contributed by atoms with Crippen LogP contribution in [0.15, 0.2) is 48.5 Å². The molecule has 1 N–H and O–H groups in total. The van der Waals surface area contributed by atoms with Crippen molar-refractivity contribution in [2.75, 3.05) is 25.6 Å². The third-order valence-electron chi connectivity index (χ3n) is 2.96. The Morgan fingerprint density at radius 3 is 2.57 bits per heavy atom. The second kappa shape index (κ2) is 7.45. The van der Waals surface area contributed by atoms with Gasteiger partial charge in [0.25, 0.3) is 5.91 Å². The van der Waals surface area contributed by atoms with Gasteiger partial charge in [-0.3, -0.25) is 4.79 Å². The standard InChI is InChI=1S/C17H19NO3/c1-13-6-8-14(9-7-13)17(19)18-15-4-3-5-16(12-15)21-11-10-20-2/h3-9,12H,10-11H2,1-2H3,(H,18,19). The molecule has 4 nitrogen and oxygen atoms in total. The van der Waals surface area contributed by atoms with Crippen molar-refractivity contribution >= 4 is 11.6 Å². The molecule has 0 atom stereocenters. The van der Waals surface area contributed by atoms with Crippen molar-refractivity contribution in [1.29, 1.82) is 0 Å². The first-order valence-electron chi connectivity index (χ1n) is 6.79. The molecule has 0 aliphatic carbocycles. The van der Waals surface area contributed by atoms with E-state index in [0.29, 0.717) is 30.2 Å². The molecule has 0 unspecified atom stereocenters. The number of anilines is 1. The van der Waals surface area contributed by atoms with Crippen LogP contribution in [0.5, 0.6) is 5.75 Å². The number of benzene rings is 2. The van der Waals surface area contributed by atoms with Crippen molar-refractivity contribution in [3.63, 3.8) is 0 Å². The van der Waals surface area contributed by atoms with Crippen LogP contribution < -0.4 is 10.1 Å². The SMILES string of the molecule is COCCOc1cccc(NC(=O)c2ccc(C)cc2)c1. The molecule has 0 fully saturated rings. The van der Waals surface area contributed by atoms with Crippen molar-refractivity contribution in [3.05, 3.63) is 59.7 Å². The van der Waals surface area contributed by atoms with Gasteiger partial charge in [0, 0.05) is 24.4 Å². The maximum absolute atomic E-state index is 12.1. The zero-order valence-electron chi connectivity index (χ0n) is 12.3. The molecule has 2 aromatic rings. The van der Waals surface area contributed by atoms with Crippen LogP contribution in [-0.4, -0.2) is 26.2 Å². The molecule has 0 spiro atoms. The molecular formula is C17H19NO3. The minimum Gasteiger partial charge on any atom is -0.491 e. The summed E-state index contributed by atoms with van der Waals surface area (Å²) in [4.78, 5) is 12.1. The smallest absolute Gasteiger partial charge is 0.255 e. The fraction of sp³-hybridized carbons (Fsp3) is 0.235. The zero-order chi connectivity index (χ0) is 15.1. The number of hydrogen-bond acceptors (Lipinski definition) is 3. The molecule has 2 aromatic carbocycles. The van der Waals surface area contributed by atoms with Crippen LogP contribution in [0.3, 0.4) is 0 Å². The molecule has 0 saturated carbocycles. The highest BCUT2D eigenvalue weighted by molar-refractivity contribution is 6.04. The van der Waals surface area contributed by atoms with Gasteiger partial charge in [-0.05, 0) is 31.2 Å². The third-order valence-corrected chi connectivity index (χ3v) is 2.96. The van der Waals surface area contributed by atoms with Gasteiger partial charge >= 0.3 is 0 Å². The highest BCUT2D eigenvalue weighted by Gasteiger charge is 2.06. The molecule has 2 rings (SSSR count). The Balaban J connectivity index is 2.00. The molecule has 21 heavy (non-hydrogen) atoms. The number of amides is 1. The minimum atomic E-state index is -0.135. The van der Waals surface area contributed by atoms with E-state index in [9.17, 15) is 4.79 Å². The van der Waals surface area contributed by atoms with Gasteiger partial charge in [-0.25, -0.2) is 0 Å². The predicted octanol–water partition coefficient (Wildman–Crippen LogP) is 3.27. The Hall–Kier alpha value is -2.33. The quantitative estimate of drug-likeness (QED) is 0.829. The van der Waals surface area contributed by atoms with Crippen molar-refractivity contribution in [3.8, 4) is 5.75 Å². The third kappa shape index (κ3) is 4.61. The van der Waals surface area contributed by atoms with E-state index in [0.717, 1.165) is 5.56 Å². The van der Waals surface area contributed by atoms with Gasteiger partial charge in [0.1, 0.15) is 12.4 Å². The van der Waals surface area contributed by atoms with Gasteiger partial charge in [0.15, 0.2) is 0 Å². The second-order valence-electron chi connectivity index (χ2n) is 4.69. The summed E-state index contributed by atoms with van der Waals surface area (Å²) in [5, 5.41) is 2.86. The van der Waals surface area contributed by atoms with Crippen LogP contribution >= 0.6 is 0 Å². The highest BCUT2D eigenvalue weighted by atomic mass is 16.5.